The molecule has 3 rings (SSSR count). The van der Waals surface area contributed by atoms with E-state index in [2.05, 4.69) is 19.2 Å². The van der Waals surface area contributed by atoms with Gasteiger partial charge in [0.15, 0.2) is 11.5 Å². The van der Waals surface area contributed by atoms with Gasteiger partial charge in [-0.05, 0) is 31.0 Å². The average molecular weight is 369 g/mol. The Labute approximate surface area is 160 Å². The Morgan fingerprint density at radius 2 is 1.85 bits per heavy atom. The lowest BCUT2D eigenvalue weighted by atomic mass is 9.83. The number of fused-ring (bicyclic) bond motifs is 1. The van der Waals surface area contributed by atoms with Gasteiger partial charge in [0.2, 0.25) is 0 Å². The Morgan fingerprint density at radius 1 is 1.11 bits per heavy atom. The second-order valence-electron chi connectivity index (χ2n) is 6.80. The van der Waals surface area contributed by atoms with Gasteiger partial charge in [0.25, 0.3) is 5.91 Å². The van der Waals surface area contributed by atoms with Crippen LogP contribution in [0.5, 0.6) is 17.2 Å². The molecule has 0 aromatic heterocycles. The van der Waals surface area contributed by atoms with E-state index >= 15 is 0 Å². The molecule has 2 aromatic carbocycles. The van der Waals surface area contributed by atoms with Crippen molar-refractivity contribution in [2.45, 2.75) is 44.8 Å². The summed E-state index contributed by atoms with van der Waals surface area (Å²) in [6.07, 6.45) is 2.49. The fourth-order valence-electron chi connectivity index (χ4n) is 3.73. The number of carbonyl (C=O) groups excluding carboxylic acids is 1. The van der Waals surface area contributed by atoms with Crippen molar-refractivity contribution in [3.63, 3.8) is 0 Å². The molecule has 5 heteroatoms. The topological polar surface area (TPSA) is 56.8 Å². The van der Waals surface area contributed by atoms with Crippen molar-refractivity contribution in [2.75, 3.05) is 14.2 Å². The maximum Gasteiger partial charge on any atom is 0.255 e. The van der Waals surface area contributed by atoms with Gasteiger partial charge in [-0.25, -0.2) is 0 Å². The third-order valence-corrected chi connectivity index (χ3v) is 5.44. The molecule has 0 bridgehead atoms. The Hall–Kier alpha value is -2.69. The van der Waals surface area contributed by atoms with Gasteiger partial charge in [0.05, 0.1) is 25.8 Å². The number of rotatable bonds is 6. The molecule has 1 N–H and O–H groups in total. The van der Waals surface area contributed by atoms with Crippen molar-refractivity contribution in [3.8, 4) is 17.2 Å². The predicted molar refractivity (Wildman–Crippen MR) is 105 cm³/mol. The Balaban J connectivity index is 1.94. The second-order valence-corrected chi connectivity index (χ2v) is 6.80. The summed E-state index contributed by atoms with van der Waals surface area (Å²) in [6, 6.07) is 13.1. The van der Waals surface area contributed by atoms with Gasteiger partial charge in [-0.3, -0.25) is 4.79 Å². The Morgan fingerprint density at radius 3 is 2.52 bits per heavy atom. The number of methoxy groups -OCH3 is 2. The summed E-state index contributed by atoms with van der Waals surface area (Å²) >= 11 is 0. The first kappa shape index (κ1) is 19.1. The van der Waals surface area contributed by atoms with E-state index in [0.29, 0.717) is 17.1 Å². The standard InChI is InChI=1S/C22H27NO4/c1-5-22(6-2)14-17(15-10-7-8-12-18(15)27-22)23-21(24)16-11-9-13-19(25-3)20(16)26-4/h7-13,17H,5-6,14H2,1-4H3,(H,23,24)/t17-/m1/s1. The van der Waals surface area contributed by atoms with Gasteiger partial charge in [-0.1, -0.05) is 38.1 Å². The molecule has 27 heavy (non-hydrogen) atoms. The van der Waals surface area contributed by atoms with E-state index in [9.17, 15) is 4.79 Å². The molecule has 0 fully saturated rings. The summed E-state index contributed by atoms with van der Waals surface area (Å²) < 4.78 is 17.1. The number of hydrogen-bond acceptors (Lipinski definition) is 4. The highest BCUT2D eigenvalue weighted by molar-refractivity contribution is 5.98. The van der Waals surface area contributed by atoms with E-state index in [1.165, 1.54) is 7.11 Å². The summed E-state index contributed by atoms with van der Waals surface area (Å²) in [4.78, 5) is 13.1. The molecule has 0 saturated carbocycles. The van der Waals surface area contributed by atoms with Gasteiger partial charge >= 0.3 is 0 Å². The largest absolute Gasteiger partial charge is 0.493 e. The SMILES string of the molecule is CCC1(CC)C[C@@H](NC(=O)c2cccc(OC)c2OC)c2ccccc2O1. The molecule has 1 atom stereocenters. The fraction of sp³-hybridized carbons (Fsp3) is 0.409. The van der Waals surface area contributed by atoms with E-state index in [1.807, 2.05) is 24.3 Å². The molecule has 0 radical (unpaired) electrons. The Bertz CT molecular complexity index is 814. The van der Waals surface area contributed by atoms with Crippen molar-refractivity contribution in [1.29, 1.82) is 0 Å². The van der Waals surface area contributed by atoms with E-state index < -0.39 is 0 Å². The molecule has 2 aromatic rings. The van der Waals surface area contributed by atoms with Crippen molar-refractivity contribution in [3.05, 3.63) is 53.6 Å². The lowest BCUT2D eigenvalue weighted by Crippen LogP contribution is -2.44. The van der Waals surface area contributed by atoms with E-state index in [4.69, 9.17) is 14.2 Å². The van der Waals surface area contributed by atoms with Gasteiger partial charge in [0, 0.05) is 12.0 Å². The zero-order chi connectivity index (χ0) is 19.4. The smallest absolute Gasteiger partial charge is 0.255 e. The zero-order valence-electron chi connectivity index (χ0n) is 16.4. The first-order chi connectivity index (χ1) is 13.1. The van der Waals surface area contributed by atoms with Gasteiger partial charge in [-0.15, -0.1) is 0 Å². The Kier molecular flexibility index (Phi) is 5.59. The summed E-state index contributed by atoms with van der Waals surface area (Å²) in [5.74, 6) is 1.63. The van der Waals surface area contributed by atoms with Crippen molar-refractivity contribution < 1.29 is 19.0 Å². The summed E-state index contributed by atoms with van der Waals surface area (Å²) in [5, 5.41) is 3.19. The number of ether oxygens (including phenoxy) is 3. The third-order valence-electron chi connectivity index (χ3n) is 5.44. The van der Waals surface area contributed by atoms with Crippen LogP contribution in [0.1, 0.15) is 55.1 Å². The number of carbonyl (C=O) groups is 1. The predicted octanol–water partition coefficient (Wildman–Crippen LogP) is 4.52. The van der Waals surface area contributed by atoms with E-state index in [1.54, 1.807) is 25.3 Å². The number of hydrogen-bond donors (Lipinski definition) is 1. The van der Waals surface area contributed by atoms with Crippen molar-refractivity contribution in [2.24, 2.45) is 0 Å². The third kappa shape index (κ3) is 3.59. The van der Waals surface area contributed by atoms with Gasteiger partial charge in [0.1, 0.15) is 11.4 Å². The van der Waals surface area contributed by atoms with Crippen LogP contribution in [0.3, 0.4) is 0 Å². The molecule has 0 spiro atoms. The van der Waals surface area contributed by atoms with Crippen LogP contribution in [0.15, 0.2) is 42.5 Å². The molecule has 5 nitrogen and oxygen atoms in total. The van der Waals surface area contributed by atoms with Crippen molar-refractivity contribution in [1.82, 2.24) is 5.32 Å². The van der Waals surface area contributed by atoms with Crippen LogP contribution in [-0.2, 0) is 0 Å². The van der Waals surface area contributed by atoms with Crippen LogP contribution in [0, 0.1) is 0 Å². The summed E-state index contributed by atoms with van der Waals surface area (Å²) in [5.41, 5.74) is 1.19. The van der Waals surface area contributed by atoms with Crippen LogP contribution < -0.4 is 19.5 Å². The van der Waals surface area contributed by atoms with E-state index in [-0.39, 0.29) is 17.6 Å². The number of nitrogens with one attached hydrogen (secondary N) is 1. The summed E-state index contributed by atoms with van der Waals surface area (Å²) in [6.45, 7) is 4.25. The number of benzene rings is 2. The maximum atomic E-state index is 13.1. The molecule has 1 aliphatic rings. The molecule has 0 aliphatic carbocycles. The average Bonchev–Trinajstić information content (AvgIpc) is 2.72. The minimum atomic E-state index is -0.273. The molecular formula is C22H27NO4. The molecule has 144 valence electrons. The van der Waals surface area contributed by atoms with Crippen LogP contribution in [0.2, 0.25) is 0 Å². The van der Waals surface area contributed by atoms with Crippen LogP contribution in [0.4, 0.5) is 0 Å². The number of para-hydroxylation sites is 2. The van der Waals surface area contributed by atoms with Crippen LogP contribution >= 0.6 is 0 Å². The fourth-order valence-corrected chi connectivity index (χ4v) is 3.73. The highest BCUT2D eigenvalue weighted by Crippen LogP contribution is 2.43. The second kappa shape index (κ2) is 7.91. The molecule has 1 heterocycles. The van der Waals surface area contributed by atoms with E-state index in [0.717, 1.165) is 30.6 Å². The van der Waals surface area contributed by atoms with Crippen LogP contribution in [-0.4, -0.2) is 25.7 Å². The molecule has 0 saturated heterocycles. The molecule has 1 aliphatic heterocycles. The maximum absolute atomic E-state index is 13.1. The lowest BCUT2D eigenvalue weighted by Gasteiger charge is -2.41. The zero-order valence-corrected chi connectivity index (χ0v) is 16.4. The van der Waals surface area contributed by atoms with Gasteiger partial charge in [-0.2, -0.15) is 0 Å². The first-order valence-corrected chi connectivity index (χ1v) is 9.37. The van der Waals surface area contributed by atoms with Crippen LogP contribution in [0.25, 0.3) is 0 Å². The lowest BCUT2D eigenvalue weighted by molar-refractivity contribution is 0.0227. The van der Waals surface area contributed by atoms with Gasteiger partial charge < -0.3 is 19.5 Å². The molecule has 0 unspecified atom stereocenters. The quantitative estimate of drug-likeness (QED) is 0.814. The number of amides is 1. The minimum absolute atomic E-state index is 0.127. The molecule has 1 amide bonds. The minimum Gasteiger partial charge on any atom is -0.493 e. The molecular weight excluding hydrogens is 342 g/mol. The summed E-state index contributed by atoms with van der Waals surface area (Å²) in [7, 11) is 3.10. The highest BCUT2D eigenvalue weighted by Gasteiger charge is 2.39. The van der Waals surface area contributed by atoms with Crippen molar-refractivity contribution >= 4 is 5.91 Å². The normalized spacial score (nSPS) is 17.4. The monoisotopic (exact) mass is 369 g/mol. The first-order valence-electron chi connectivity index (χ1n) is 9.37. The highest BCUT2D eigenvalue weighted by atomic mass is 16.5.